The summed E-state index contributed by atoms with van der Waals surface area (Å²) in [5.74, 6) is -0.933. The van der Waals surface area contributed by atoms with E-state index in [1.165, 1.54) is 16.8 Å². The number of ether oxygens (including phenoxy) is 3. The van der Waals surface area contributed by atoms with E-state index in [0.29, 0.717) is 0 Å². The fraction of sp³-hybridized carbons (Fsp3) is 0.692. The van der Waals surface area contributed by atoms with Crippen LogP contribution >= 0.6 is 0 Å². The first kappa shape index (κ1) is 16.7. The zero-order valence-electron chi connectivity index (χ0n) is 13.0. The molecule has 0 spiro atoms. The van der Waals surface area contributed by atoms with Crippen LogP contribution < -0.4 is 11.2 Å². The smallest absolute Gasteiger partial charge is 0.330 e. The van der Waals surface area contributed by atoms with Gasteiger partial charge in [0.1, 0.15) is 12.2 Å². The summed E-state index contributed by atoms with van der Waals surface area (Å²) in [5, 5.41) is 13.0. The maximum absolute atomic E-state index is 12.0. The Hall–Kier alpha value is -2.17. The molecule has 0 amide bonds. The molecule has 3 rings (SSSR count). The second kappa shape index (κ2) is 6.04. The van der Waals surface area contributed by atoms with E-state index < -0.39 is 54.2 Å². The third kappa shape index (κ3) is 2.83. The molecule has 11 heteroatoms. The number of hydrogen-bond acceptors (Lipinski definition) is 7. The van der Waals surface area contributed by atoms with Crippen molar-refractivity contribution in [2.45, 2.75) is 50.2 Å². The topological polar surface area (TPSA) is 152 Å². The predicted molar refractivity (Wildman–Crippen MR) is 79.1 cm³/mol. The molecule has 0 aromatic carbocycles. The van der Waals surface area contributed by atoms with E-state index in [1.807, 2.05) is 0 Å². The first-order chi connectivity index (χ1) is 11.4. The standard InChI is InChI=1S/C13H17N5O6/c1-13(2)23-9-8(6(5-19)16-17-14)22-11(10(9)24-13)18-4-3-7(20)15-12(18)21/h3-4,6,8-11,19H,5H2,1-2H3,(H,15,20,21)/t6-,8-,9-,10-,11-/m1/s1. The van der Waals surface area contributed by atoms with Gasteiger partial charge in [-0.2, -0.15) is 0 Å². The first-order valence-corrected chi connectivity index (χ1v) is 7.34. The van der Waals surface area contributed by atoms with Crippen LogP contribution in [0.3, 0.4) is 0 Å². The number of aromatic amines is 1. The molecule has 2 N–H and O–H groups in total. The van der Waals surface area contributed by atoms with Crippen LogP contribution in [0.5, 0.6) is 0 Å². The van der Waals surface area contributed by atoms with Gasteiger partial charge >= 0.3 is 5.69 Å². The molecule has 0 radical (unpaired) electrons. The Balaban J connectivity index is 2.00. The van der Waals surface area contributed by atoms with Crippen LogP contribution in [0.2, 0.25) is 0 Å². The molecule has 0 aliphatic carbocycles. The van der Waals surface area contributed by atoms with E-state index in [1.54, 1.807) is 13.8 Å². The van der Waals surface area contributed by atoms with Gasteiger partial charge in [-0.1, -0.05) is 5.11 Å². The molecule has 1 aromatic rings. The molecule has 5 atom stereocenters. The van der Waals surface area contributed by atoms with Crippen LogP contribution in [0.4, 0.5) is 0 Å². The highest BCUT2D eigenvalue weighted by molar-refractivity contribution is 5.02. The lowest BCUT2D eigenvalue weighted by Crippen LogP contribution is -2.39. The third-order valence-corrected chi connectivity index (χ3v) is 3.96. The van der Waals surface area contributed by atoms with Crippen molar-refractivity contribution in [1.82, 2.24) is 9.55 Å². The average Bonchev–Trinajstić information content (AvgIpc) is 2.99. The van der Waals surface area contributed by atoms with Crippen molar-refractivity contribution in [1.29, 1.82) is 0 Å². The minimum absolute atomic E-state index is 0.449. The molecule has 130 valence electrons. The fourth-order valence-electron chi connectivity index (χ4n) is 3.04. The van der Waals surface area contributed by atoms with E-state index in [4.69, 9.17) is 19.7 Å². The second-order valence-corrected chi connectivity index (χ2v) is 6.03. The van der Waals surface area contributed by atoms with Crippen LogP contribution in [-0.4, -0.2) is 51.4 Å². The minimum atomic E-state index is -0.933. The van der Waals surface area contributed by atoms with E-state index in [2.05, 4.69) is 15.0 Å². The maximum atomic E-state index is 12.0. The van der Waals surface area contributed by atoms with Crippen LogP contribution in [0.15, 0.2) is 27.0 Å². The zero-order chi connectivity index (χ0) is 17.5. The molecule has 2 aliphatic heterocycles. The number of aliphatic hydroxyl groups excluding tert-OH is 1. The van der Waals surface area contributed by atoms with Crippen molar-refractivity contribution in [3.8, 4) is 0 Å². The summed E-state index contributed by atoms with van der Waals surface area (Å²) >= 11 is 0. The fourth-order valence-corrected chi connectivity index (χ4v) is 3.04. The normalized spacial score (nSPS) is 32.1. The summed E-state index contributed by atoms with van der Waals surface area (Å²) in [5.41, 5.74) is 7.46. The van der Waals surface area contributed by atoms with Gasteiger partial charge in [0.2, 0.25) is 0 Å². The lowest BCUT2D eigenvalue weighted by molar-refractivity contribution is -0.200. The second-order valence-electron chi connectivity index (χ2n) is 6.03. The maximum Gasteiger partial charge on any atom is 0.330 e. The van der Waals surface area contributed by atoms with Gasteiger partial charge in [0.25, 0.3) is 5.56 Å². The number of H-pyrrole nitrogens is 1. The first-order valence-electron chi connectivity index (χ1n) is 7.34. The number of aromatic nitrogens is 2. The summed E-state index contributed by atoms with van der Waals surface area (Å²) in [6.45, 7) is 2.96. The Kier molecular flexibility index (Phi) is 4.20. The van der Waals surface area contributed by atoms with E-state index in [9.17, 15) is 14.7 Å². The largest absolute Gasteiger partial charge is 0.396 e. The van der Waals surface area contributed by atoms with Gasteiger partial charge in [-0.3, -0.25) is 14.3 Å². The Morgan fingerprint density at radius 3 is 2.79 bits per heavy atom. The molecule has 2 saturated heterocycles. The Morgan fingerprint density at radius 1 is 1.46 bits per heavy atom. The van der Waals surface area contributed by atoms with Gasteiger partial charge in [-0.25, -0.2) is 4.79 Å². The number of hydrogen-bond donors (Lipinski definition) is 2. The van der Waals surface area contributed by atoms with Crippen LogP contribution in [0.25, 0.3) is 10.4 Å². The molecule has 24 heavy (non-hydrogen) atoms. The van der Waals surface area contributed by atoms with Crippen molar-refractivity contribution in [3.05, 3.63) is 43.5 Å². The summed E-state index contributed by atoms with van der Waals surface area (Å²) in [6.07, 6.45) is -1.72. The third-order valence-electron chi connectivity index (χ3n) is 3.96. The lowest BCUT2D eigenvalue weighted by Gasteiger charge is -2.26. The van der Waals surface area contributed by atoms with Crippen LogP contribution in [0, 0.1) is 0 Å². The molecule has 0 unspecified atom stereocenters. The molecule has 2 aliphatic rings. The summed E-state index contributed by atoms with van der Waals surface area (Å²) in [6, 6.07) is 0.286. The van der Waals surface area contributed by atoms with E-state index in [0.717, 1.165) is 0 Å². The average molecular weight is 339 g/mol. The summed E-state index contributed by atoms with van der Waals surface area (Å²) in [7, 11) is 0. The van der Waals surface area contributed by atoms with E-state index >= 15 is 0 Å². The van der Waals surface area contributed by atoms with Gasteiger partial charge in [0, 0.05) is 17.2 Å². The Bertz CT molecular complexity index is 782. The van der Waals surface area contributed by atoms with Gasteiger partial charge < -0.3 is 19.3 Å². The Morgan fingerprint density at radius 2 is 2.17 bits per heavy atom. The summed E-state index contributed by atoms with van der Waals surface area (Å²) < 4.78 is 18.6. The SMILES string of the molecule is CC1(C)O[C@H]2[C@@H](O1)[C@H](n1ccc(=O)[nH]c1=O)O[C@@H]2[C@@H](CO)N=[N+]=[N-]. The Labute approximate surface area is 135 Å². The number of fused-ring (bicyclic) bond motifs is 1. The summed E-state index contributed by atoms with van der Waals surface area (Å²) in [4.78, 5) is 28.1. The van der Waals surface area contributed by atoms with Crippen molar-refractivity contribution >= 4 is 0 Å². The van der Waals surface area contributed by atoms with Crippen molar-refractivity contribution in [2.75, 3.05) is 6.61 Å². The van der Waals surface area contributed by atoms with Crippen LogP contribution in [-0.2, 0) is 14.2 Å². The highest BCUT2D eigenvalue weighted by atomic mass is 16.8. The monoisotopic (exact) mass is 339 g/mol. The molecule has 0 bridgehead atoms. The number of nitrogens with one attached hydrogen (secondary N) is 1. The molecule has 0 saturated carbocycles. The molecule has 1 aromatic heterocycles. The van der Waals surface area contributed by atoms with Crippen molar-refractivity contribution < 1.29 is 19.3 Å². The van der Waals surface area contributed by atoms with Crippen molar-refractivity contribution in [2.24, 2.45) is 5.11 Å². The predicted octanol–water partition coefficient (Wildman–Crippen LogP) is -0.375. The van der Waals surface area contributed by atoms with Gasteiger partial charge in [-0.15, -0.1) is 0 Å². The highest BCUT2D eigenvalue weighted by Gasteiger charge is 2.57. The molecule has 11 nitrogen and oxygen atoms in total. The van der Waals surface area contributed by atoms with E-state index in [-0.39, 0.29) is 0 Å². The molecule has 2 fully saturated rings. The minimum Gasteiger partial charge on any atom is -0.396 e. The number of rotatable bonds is 4. The number of aliphatic hydroxyl groups is 1. The zero-order valence-corrected chi connectivity index (χ0v) is 13.0. The molecule has 3 heterocycles. The van der Waals surface area contributed by atoms with Crippen LogP contribution in [0.1, 0.15) is 20.1 Å². The quantitative estimate of drug-likeness (QED) is 0.433. The molecular weight excluding hydrogens is 322 g/mol. The van der Waals surface area contributed by atoms with Crippen molar-refractivity contribution in [3.63, 3.8) is 0 Å². The van der Waals surface area contributed by atoms with Gasteiger partial charge in [-0.05, 0) is 19.4 Å². The lowest BCUT2D eigenvalue weighted by atomic mass is 10.0. The van der Waals surface area contributed by atoms with Gasteiger partial charge in [0.05, 0.1) is 18.8 Å². The molecular formula is C13H17N5O6. The number of nitrogens with zero attached hydrogens (tertiary/aromatic N) is 4. The van der Waals surface area contributed by atoms with Gasteiger partial charge in [0.15, 0.2) is 12.0 Å². The highest BCUT2D eigenvalue weighted by Crippen LogP contribution is 2.43. The number of azide groups is 1.